The van der Waals surface area contributed by atoms with Gasteiger partial charge in [-0.05, 0) is 49.8 Å². The summed E-state index contributed by atoms with van der Waals surface area (Å²) in [5.74, 6) is -0.182. The van der Waals surface area contributed by atoms with E-state index in [1.165, 1.54) is 36.0 Å². The number of nitrogens with one attached hydrogen (secondary N) is 1. The van der Waals surface area contributed by atoms with E-state index in [-0.39, 0.29) is 12.0 Å². The van der Waals surface area contributed by atoms with E-state index >= 15 is 0 Å². The lowest BCUT2D eigenvalue weighted by atomic mass is 10.1. The number of hydrogen-bond acceptors (Lipinski definition) is 3. The van der Waals surface area contributed by atoms with Crippen LogP contribution >= 0.6 is 0 Å². The molecular weight excluding hydrogens is 226 g/mol. The molecule has 0 radical (unpaired) electrons. The van der Waals surface area contributed by atoms with E-state index < -0.39 is 0 Å². The van der Waals surface area contributed by atoms with Crippen LogP contribution in [0.5, 0.6) is 0 Å². The van der Waals surface area contributed by atoms with Crippen LogP contribution in [-0.4, -0.2) is 18.6 Å². The lowest BCUT2D eigenvalue weighted by Crippen LogP contribution is -2.34. The minimum absolute atomic E-state index is 0.182. The Morgan fingerprint density at radius 3 is 2.94 bits per heavy atom. The predicted octanol–water partition coefficient (Wildman–Crippen LogP) is 2.22. The molecule has 98 valence electrons. The molecule has 1 atom stereocenters. The quantitative estimate of drug-likeness (QED) is 0.811. The van der Waals surface area contributed by atoms with Gasteiger partial charge in [-0.3, -0.25) is 4.79 Å². The van der Waals surface area contributed by atoms with Gasteiger partial charge in [0.05, 0.1) is 6.61 Å². The van der Waals surface area contributed by atoms with Crippen molar-refractivity contribution in [3.05, 3.63) is 34.9 Å². The molecular formula is C15H21NO2. The van der Waals surface area contributed by atoms with Crippen LogP contribution in [0.2, 0.25) is 0 Å². The highest BCUT2D eigenvalue weighted by molar-refractivity contribution is 5.75. The molecule has 0 heterocycles. The fourth-order valence-corrected chi connectivity index (χ4v) is 2.36. The van der Waals surface area contributed by atoms with Crippen molar-refractivity contribution in [2.75, 3.05) is 6.61 Å². The van der Waals surface area contributed by atoms with Crippen LogP contribution in [0.1, 0.15) is 37.0 Å². The number of carbonyl (C=O) groups excluding carboxylic acids is 1. The molecule has 1 aliphatic carbocycles. The number of fused-ring (bicyclic) bond motifs is 1. The number of rotatable bonds is 5. The van der Waals surface area contributed by atoms with Gasteiger partial charge >= 0.3 is 5.97 Å². The highest BCUT2D eigenvalue weighted by Crippen LogP contribution is 2.22. The van der Waals surface area contributed by atoms with Crippen LogP contribution < -0.4 is 5.32 Å². The molecule has 0 saturated heterocycles. The molecule has 0 amide bonds. The molecule has 1 aromatic carbocycles. The average molecular weight is 247 g/mol. The van der Waals surface area contributed by atoms with Gasteiger partial charge < -0.3 is 10.1 Å². The molecule has 1 unspecified atom stereocenters. The topological polar surface area (TPSA) is 38.3 Å². The van der Waals surface area contributed by atoms with Crippen LogP contribution in [0.4, 0.5) is 0 Å². The van der Waals surface area contributed by atoms with Crippen molar-refractivity contribution in [1.29, 1.82) is 0 Å². The molecule has 2 rings (SSSR count). The summed E-state index contributed by atoms with van der Waals surface area (Å²) in [4.78, 5) is 11.5. The molecule has 1 aromatic rings. The molecule has 0 aromatic heterocycles. The predicted molar refractivity (Wildman–Crippen MR) is 71.4 cm³/mol. The van der Waals surface area contributed by atoms with Crippen molar-refractivity contribution < 1.29 is 9.53 Å². The van der Waals surface area contributed by atoms with Crippen LogP contribution in [0.15, 0.2) is 18.2 Å². The van der Waals surface area contributed by atoms with E-state index in [0.29, 0.717) is 13.2 Å². The van der Waals surface area contributed by atoms with E-state index in [0.717, 1.165) is 0 Å². The zero-order valence-corrected chi connectivity index (χ0v) is 11.2. The van der Waals surface area contributed by atoms with Gasteiger partial charge in [-0.1, -0.05) is 18.2 Å². The smallest absolute Gasteiger partial charge is 0.322 e. The summed E-state index contributed by atoms with van der Waals surface area (Å²) in [7, 11) is 0. The van der Waals surface area contributed by atoms with E-state index in [1.807, 2.05) is 13.8 Å². The minimum Gasteiger partial charge on any atom is -0.465 e. The zero-order valence-electron chi connectivity index (χ0n) is 11.2. The van der Waals surface area contributed by atoms with Gasteiger partial charge in [-0.25, -0.2) is 0 Å². The van der Waals surface area contributed by atoms with Gasteiger partial charge in [0, 0.05) is 6.54 Å². The SMILES string of the molecule is CCOC(=O)C(C)NCc1ccc2c(c1)CCC2. The maximum absolute atomic E-state index is 11.5. The first-order chi connectivity index (χ1) is 8.70. The zero-order chi connectivity index (χ0) is 13.0. The highest BCUT2D eigenvalue weighted by Gasteiger charge is 2.14. The summed E-state index contributed by atoms with van der Waals surface area (Å²) in [5.41, 5.74) is 4.20. The molecule has 1 N–H and O–H groups in total. The fourth-order valence-electron chi connectivity index (χ4n) is 2.36. The van der Waals surface area contributed by atoms with E-state index in [1.54, 1.807) is 0 Å². The van der Waals surface area contributed by atoms with E-state index in [2.05, 4.69) is 23.5 Å². The van der Waals surface area contributed by atoms with Crippen LogP contribution in [0.3, 0.4) is 0 Å². The van der Waals surface area contributed by atoms with Crippen molar-refractivity contribution in [2.45, 2.75) is 45.7 Å². The number of carbonyl (C=O) groups is 1. The summed E-state index contributed by atoms with van der Waals surface area (Å²) in [6.45, 7) is 4.81. The third-order valence-electron chi connectivity index (χ3n) is 3.42. The fraction of sp³-hybridized carbons (Fsp3) is 0.533. The Morgan fingerprint density at radius 2 is 2.17 bits per heavy atom. The third-order valence-corrected chi connectivity index (χ3v) is 3.42. The Labute approximate surface area is 109 Å². The highest BCUT2D eigenvalue weighted by atomic mass is 16.5. The molecule has 18 heavy (non-hydrogen) atoms. The van der Waals surface area contributed by atoms with E-state index in [4.69, 9.17) is 4.74 Å². The van der Waals surface area contributed by atoms with Crippen LogP contribution in [0.25, 0.3) is 0 Å². The first-order valence-corrected chi connectivity index (χ1v) is 6.71. The van der Waals surface area contributed by atoms with Crippen molar-refractivity contribution >= 4 is 5.97 Å². The van der Waals surface area contributed by atoms with Crippen LogP contribution in [-0.2, 0) is 28.9 Å². The molecule has 0 aliphatic heterocycles. The average Bonchev–Trinajstić information content (AvgIpc) is 2.83. The lowest BCUT2D eigenvalue weighted by molar-refractivity contribution is -0.145. The molecule has 0 spiro atoms. The summed E-state index contributed by atoms with van der Waals surface area (Å²) < 4.78 is 4.96. The maximum Gasteiger partial charge on any atom is 0.322 e. The second kappa shape index (κ2) is 6.01. The molecule has 3 nitrogen and oxygen atoms in total. The normalized spacial score (nSPS) is 15.2. The second-order valence-electron chi connectivity index (χ2n) is 4.81. The number of aryl methyl sites for hydroxylation is 2. The van der Waals surface area contributed by atoms with Crippen molar-refractivity contribution in [1.82, 2.24) is 5.32 Å². The Kier molecular flexibility index (Phi) is 4.37. The van der Waals surface area contributed by atoms with Gasteiger partial charge in [0.15, 0.2) is 0 Å². The molecule has 0 bridgehead atoms. The van der Waals surface area contributed by atoms with Gasteiger partial charge in [0.1, 0.15) is 6.04 Å². The largest absolute Gasteiger partial charge is 0.465 e. The van der Waals surface area contributed by atoms with Gasteiger partial charge in [-0.2, -0.15) is 0 Å². The monoisotopic (exact) mass is 247 g/mol. The summed E-state index contributed by atoms with van der Waals surface area (Å²) in [6.07, 6.45) is 3.67. The third kappa shape index (κ3) is 3.10. The molecule has 3 heteroatoms. The number of benzene rings is 1. The van der Waals surface area contributed by atoms with Crippen molar-refractivity contribution in [2.24, 2.45) is 0 Å². The summed E-state index contributed by atoms with van der Waals surface area (Å²) in [6, 6.07) is 6.37. The Balaban J connectivity index is 1.88. The second-order valence-corrected chi connectivity index (χ2v) is 4.81. The number of ether oxygens (including phenoxy) is 1. The van der Waals surface area contributed by atoms with E-state index in [9.17, 15) is 4.79 Å². The van der Waals surface area contributed by atoms with Crippen molar-refractivity contribution in [3.63, 3.8) is 0 Å². The minimum atomic E-state index is -0.252. The first kappa shape index (κ1) is 13.1. The van der Waals surface area contributed by atoms with Gasteiger partial charge in [0.25, 0.3) is 0 Å². The Bertz CT molecular complexity index is 429. The maximum atomic E-state index is 11.5. The summed E-state index contributed by atoms with van der Waals surface area (Å²) >= 11 is 0. The summed E-state index contributed by atoms with van der Waals surface area (Å²) in [5, 5.41) is 3.20. The van der Waals surface area contributed by atoms with Crippen molar-refractivity contribution in [3.8, 4) is 0 Å². The first-order valence-electron chi connectivity index (χ1n) is 6.71. The number of esters is 1. The van der Waals surface area contributed by atoms with Gasteiger partial charge in [0.2, 0.25) is 0 Å². The molecule has 1 aliphatic rings. The number of hydrogen-bond donors (Lipinski definition) is 1. The molecule has 0 fully saturated rings. The lowest BCUT2D eigenvalue weighted by Gasteiger charge is -2.13. The standard InChI is InChI=1S/C15H21NO2/c1-3-18-15(17)11(2)16-10-12-7-8-13-5-4-6-14(13)9-12/h7-9,11,16H,3-6,10H2,1-2H3. The van der Waals surface area contributed by atoms with Gasteiger partial charge in [-0.15, -0.1) is 0 Å². The van der Waals surface area contributed by atoms with Crippen LogP contribution in [0, 0.1) is 0 Å². The molecule has 0 saturated carbocycles. The Hall–Kier alpha value is -1.35. The Morgan fingerprint density at radius 1 is 1.39 bits per heavy atom.